The molecule has 1 aliphatic rings. The highest BCUT2D eigenvalue weighted by molar-refractivity contribution is 6.31. The van der Waals surface area contributed by atoms with E-state index in [0.717, 1.165) is 11.4 Å². The lowest BCUT2D eigenvalue weighted by Gasteiger charge is -2.29. The molecule has 3 rings (SSSR count). The molecule has 20 heavy (non-hydrogen) atoms. The Morgan fingerprint density at radius 3 is 2.55 bits per heavy atom. The summed E-state index contributed by atoms with van der Waals surface area (Å²) in [5.74, 6) is 0. The Labute approximate surface area is 126 Å². The third kappa shape index (κ3) is 2.89. The van der Waals surface area contributed by atoms with E-state index >= 15 is 0 Å². The van der Waals surface area contributed by atoms with Gasteiger partial charge in [0.05, 0.1) is 0 Å². The van der Waals surface area contributed by atoms with E-state index in [-0.39, 0.29) is 0 Å². The van der Waals surface area contributed by atoms with Gasteiger partial charge in [0.2, 0.25) is 0 Å². The Hall–Kier alpha value is -1.31. The summed E-state index contributed by atoms with van der Waals surface area (Å²) in [5, 5.41) is 4.58. The summed E-state index contributed by atoms with van der Waals surface area (Å²) in [6, 6.07) is 17.7. The molecule has 0 aromatic heterocycles. The van der Waals surface area contributed by atoms with E-state index in [1.54, 1.807) is 0 Å². The molecule has 0 bridgehead atoms. The first kappa shape index (κ1) is 13.7. The molecule has 0 heterocycles. The van der Waals surface area contributed by atoms with Crippen LogP contribution in [0.1, 0.15) is 36.1 Å². The molecular weight excluding hydrogens is 266 g/mol. The molecule has 0 fully saturated rings. The lowest BCUT2D eigenvalue weighted by Crippen LogP contribution is -2.36. The van der Waals surface area contributed by atoms with Gasteiger partial charge in [-0.1, -0.05) is 54.1 Å². The Bertz CT molecular complexity index is 593. The van der Waals surface area contributed by atoms with E-state index in [1.165, 1.54) is 29.5 Å². The summed E-state index contributed by atoms with van der Waals surface area (Å²) in [5.41, 5.74) is 4.19. The van der Waals surface area contributed by atoms with Crippen LogP contribution in [-0.4, -0.2) is 6.04 Å². The van der Waals surface area contributed by atoms with Crippen LogP contribution in [0.2, 0.25) is 5.02 Å². The molecule has 0 saturated carbocycles. The molecule has 0 amide bonds. The maximum Gasteiger partial charge on any atom is 0.0453 e. The minimum Gasteiger partial charge on any atom is -0.307 e. The average Bonchev–Trinajstić information content (AvgIpc) is 2.47. The van der Waals surface area contributed by atoms with E-state index in [4.69, 9.17) is 11.6 Å². The van der Waals surface area contributed by atoms with Crippen molar-refractivity contribution in [2.24, 2.45) is 0 Å². The lowest BCUT2D eigenvalue weighted by atomic mass is 9.88. The predicted octanol–water partition coefficient (Wildman–Crippen LogP) is 4.55. The van der Waals surface area contributed by atoms with Gasteiger partial charge in [-0.25, -0.2) is 0 Å². The number of halogens is 1. The minimum atomic E-state index is 0.291. The van der Waals surface area contributed by atoms with E-state index < -0.39 is 0 Å². The summed E-state index contributed by atoms with van der Waals surface area (Å²) >= 11 is 6.28. The van der Waals surface area contributed by atoms with E-state index in [2.05, 4.69) is 48.6 Å². The van der Waals surface area contributed by atoms with Crippen LogP contribution in [0.3, 0.4) is 0 Å². The smallest absolute Gasteiger partial charge is 0.0453 e. The number of nitrogens with one attached hydrogen (secondary N) is 1. The Morgan fingerprint density at radius 1 is 1.05 bits per heavy atom. The zero-order valence-corrected chi connectivity index (χ0v) is 12.5. The zero-order valence-electron chi connectivity index (χ0n) is 11.8. The van der Waals surface area contributed by atoms with Crippen molar-refractivity contribution in [1.29, 1.82) is 0 Å². The van der Waals surface area contributed by atoms with Gasteiger partial charge in [-0.15, -0.1) is 0 Å². The zero-order chi connectivity index (χ0) is 13.9. The lowest BCUT2D eigenvalue weighted by molar-refractivity contribution is 0.414. The van der Waals surface area contributed by atoms with Gasteiger partial charge in [0.25, 0.3) is 0 Å². The fourth-order valence-corrected chi connectivity index (χ4v) is 3.41. The highest BCUT2D eigenvalue weighted by Crippen LogP contribution is 2.26. The van der Waals surface area contributed by atoms with Crippen molar-refractivity contribution in [3.8, 4) is 0 Å². The van der Waals surface area contributed by atoms with E-state index in [0.29, 0.717) is 12.1 Å². The van der Waals surface area contributed by atoms with Crippen molar-refractivity contribution in [3.05, 3.63) is 70.2 Å². The minimum absolute atomic E-state index is 0.291. The second-order valence-corrected chi connectivity index (χ2v) is 6.03. The number of hydrogen-bond donors (Lipinski definition) is 1. The quantitative estimate of drug-likeness (QED) is 0.872. The van der Waals surface area contributed by atoms with Gasteiger partial charge < -0.3 is 5.32 Å². The predicted molar refractivity (Wildman–Crippen MR) is 85.3 cm³/mol. The van der Waals surface area contributed by atoms with Crippen LogP contribution in [0, 0.1) is 0 Å². The van der Waals surface area contributed by atoms with Crippen molar-refractivity contribution in [3.63, 3.8) is 0 Å². The molecule has 0 saturated heterocycles. The Balaban J connectivity index is 1.69. The second kappa shape index (κ2) is 5.99. The first-order valence-electron chi connectivity index (χ1n) is 7.31. The number of fused-ring (bicyclic) bond motifs is 1. The summed E-state index contributed by atoms with van der Waals surface area (Å²) in [6.07, 6.45) is 3.49. The maximum atomic E-state index is 6.28. The van der Waals surface area contributed by atoms with Crippen molar-refractivity contribution in [2.75, 3.05) is 0 Å². The van der Waals surface area contributed by atoms with Crippen LogP contribution in [0.25, 0.3) is 0 Å². The summed E-state index contributed by atoms with van der Waals surface area (Å²) in [6.45, 7) is 2.20. The summed E-state index contributed by atoms with van der Waals surface area (Å²) < 4.78 is 0. The average molecular weight is 286 g/mol. The molecule has 2 atom stereocenters. The van der Waals surface area contributed by atoms with E-state index in [9.17, 15) is 0 Å². The van der Waals surface area contributed by atoms with Crippen LogP contribution >= 0.6 is 11.6 Å². The second-order valence-electron chi connectivity index (χ2n) is 5.62. The molecule has 2 aromatic carbocycles. The van der Waals surface area contributed by atoms with Crippen LogP contribution in [0.5, 0.6) is 0 Å². The highest BCUT2D eigenvalue weighted by Gasteiger charge is 2.20. The van der Waals surface area contributed by atoms with Crippen molar-refractivity contribution >= 4 is 11.6 Å². The molecular formula is C18H20ClN. The third-order valence-electron chi connectivity index (χ3n) is 4.20. The normalized spacial score (nSPS) is 19.4. The third-order valence-corrected chi connectivity index (χ3v) is 4.55. The molecule has 1 nitrogen and oxygen atoms in total. The van der Waals surface area contributed by atoms with Crippen LogP contribution in [-0.2, 0) is 12.8 Å². The largest absolute Gasteiger partial charge is 0.307 e. The van der Waals surface area contributed by atoms with Gasteiger partial charge in [0, 0.05) is 17.1 Å². The number of rotatable bonds is 3. The topological polar surface area (TPSA) is 12.0 Å². The highest BCUT2D eigenvalue weighted by atomic mass is 35.5. The van der Waals surface area contributed by atoms with Crippen molar-refractivity contribution < 1.29 is 0 Å². The molecule has 2 aromatic rings. The molecule has 0 radical (unpaired) electrons. The molecule has 2 heteroatoms. The number of hydrogen-bond acceptors (Lipinski definition) is 1. The Morgan fingerprint density at radius 2 is 1.75 bits per heavy atom. The van der Waals surface area contributed by atoms with Gasteiger partial charge >= 0.3 is 0 Å². The van der Waals surface area contributed by atoms with Crippen LogP contribution in [0.4, 0.5) is 0 Å². The fourth-order valence-electron chi connectivity index (χ4n) is 3.11. The molecule has 0 aliphatic heterocycles. The molecule has 104 valence electrons. The van der Waals surface area contributed by atoms with Gasteiger partial charge in [0.15, 0.2) is 0 Å². The summed E-state index contributed by atoms with van der Waals surface area (Å²) in [7, 11) is 0. The van der Waals surface area contributed by atoms with Gasteiger partial charge in [0.1, 0.15) is 0 Å². The van der Waals surface area contributed by atoms with Crippen LogP contribution < -0.4 is 5.32 Å². The van der Waals surface area contributed by atoms with E-state index in [1.807, 2.05) is 12.1 Å². The number of aryl methyl sites for hydroxylation is 1. The molecule has 1 unspecified atom stereocenters. The number of benzene rings is 2. The van der Waals surface area contributed by atoms with Crippen molar-refractivity contribution in [1.82, 2.24) is 5.32 Å². The SMILES string of the molecule is C[C@@H](NC1CCc2ccccc2C1)c1ccccc1Cl. The van der Waals surface area contributed by atoms with Crippen LogP contribution in [0.15, 0.2) is 48.5 Å². The molecule has 1 aliphatic carbocycles. The monoisotopic (exact) mass is 285 g/mol. The maximum absolute atomic E-state index is 6.28. The van der Waals surface area contributed by atoms with Gasteiger partial charge in [-0.2, -0.15) is 0 Å². The standard InChI is InChI=1S/C18H20ClN/c1-13(17-8-4-5-9-18(17)19)20-16-11-10-14-6-2-3-7-15(14)12-16/h2-9,13,16,20H,10-12H2,1H3/t13-,16?/m1/s1. The molecule has 1 N–H and O–H groups in total. The summed E-state index contributed by atoms with van der Waals surface area (Å²) in [4.78, 5) is 0. The first-order valence-corrected chi connectivity index (χ1v) is 7.69. The van der Waals surface area contributed by atoms with Crippen molar-refractivity contribution in [2.45, 2.75) is 38.3 Å². The first-order chi connectivity index (χ1) is 9.74. The fraction of sp³-hybridized carbons (Fsp3) is 0.333. The van der Waals surface area contributed by atoms with Gasteiger partial charge in [-0.05, 0) is 48.9 Å². The Kier molecular flexibility index (Phi) is 4.09. The molecule has 0 spiro atoms. The van der Waals surface area contributed by atoms with Gasteiger partial charge in [-0.3, -0.25) is 0 Å².